The zero-order chi connectivity index (χ0) is 26.4. The van der Waals surface area contributed by atoms with Crippen molar-refractivity contribution in [3.63, 3.8) is 0 Å². The standard InChI is InChI=1S/C22H38N6O5S2/c1-13(2)9-18(22(32)33)28-20(30)16(6-8-35-4)26-21(31)17(10-14-11-24-12-25-14)27-19(29)15(23)5-7-34-3/h11-13,15-18H,5-10,23H2,1-4H3,(H,24,25)(H,26,31)(H,27,29)(H,28,30)(H,32,33). The molecule has 0 aromatic carbocycles. The van der Waals surface area contributed by atoms with Crippen LogP contribution >= 0.6 is 23.5 Å². The van der Waals surface area contributed by atoms with Gasteiger partial charge in [-0.15, -0.1) is 0 Å². The molecule has 198 valence electrons. The number of hydrogen-bond donors (Lipinski definition) is 6. The van der Waals surface area contributed by atoms with Crippen LogP contribution in [0.3, 0.4) is 0 Å². The molecule has 11 nitrogen and oxygen atoms in total. The monoisotopic (exact) mass is 530 g/mol. The Morgan fingerprint density at radius 1 is 0.971 bits per heavy atom. The maximum atomic E-state index is 13.2. The van der Waals surface area contributed by atoms with Crippen LogP contribution in [-0.2, 0) is 25.6 Å². The van der Waals surface area contributed by atoms with Crippen molar-refractivity contribution in [2.75, 3.05) is 24.0 Å². The van der Waals surface area contributed by atoms with Crippen molar-refractivity contribution in [1.82, 2.24) is 25.9 Å². The normalized spacial score (nSPS) is 14.6. The van der Waals surface area contributed by atoms with E-state index in [0.717, 1.165) is 0 Å². The summed E-state index contributed by atoms with van der Waals surface area (Å²) in [7, 11) is 0. The van der Waals surface area contributed by atoms with Gasteiger partial charge >= 0.3 is 5.97 Å². The molecule has 1 heterocycles. The van der Waals surface area contributed by atoms with Gasteiger partial charge in [-0.2, -0.15) is 23.5 Å². The van der Waals surface area contributed by atoms with Gasteiger partial charge in [0.2, 0.25) is 17.7 Å². The van der Waals surface area contributed by atoms with Gasteiger partial charge in [0.15, 0.2) is 0 Å². The number of carbonyl (C=O) groups excluding carboxylic acids is 3. The average Bonchev–Trinajstić information content (AvgIpc) is 3.31. The second-order valence-corrected chi connectivity index (χ2v) is 10.6. The van der Waals surface area contributed by atoms with E-state index in [0.29, 0.717) is 30.0 Å². The molecule has 1 aromatic rings. The number of nitrogens with zero attached hydrogens (tertiary/aromatic N) is 1. The third-order valence-electron chi connectivity index (χ3n) is 5.15. The van der Waals surface area contributed by atoms with Crippen molar-refractivity contribution >= 4 is 47.2 Å². The molecule has 1 aromatic heterocycles. The molecule has 4 unspecified atom stereocenters. The number of nitrogens with two attached hydrogens (primary N) is 1. The van der Waals surface area contributed by atoms with Crippen molar-refractivity contribution < 1.29 is 24.3 Å². The zero-order valence-electron chi connectivity index (χ0n) is 20.7. The molecule has 0 fully saturated rings. The largest absolute Gasteiger partial charge is 0.480 e. The van der Waals surface area contributed by atoms with Crippen LogP contribution < -0.4 is 21.7 Å². The highest BCUT2D eigenvalue weighted by Crippen LogP contribution is 2.09. The van der Waals surface area contributed by atoms with E-state index in [1.807, 2.05) is 26.4 Å². The maximum Gasteiger partial charge on any atom is 0.326 e. The minimum Gasteiger partial charge on any atom is -0.480 e. The Kier molecular flexibility index (Phi) is 14.4. The molecule has 0 bridgehead atoms. The highest BCUT2D eigenvalue weighted by atomic mass is 32.2. The lowest BCUT2D eigenvalue weighted by atomic mass is 10.0. The first kappa shape index (κ1) is 30.8. The van der Waals surface area contributed by atoms with Crippen molar-refractivity contribution in [1.29, 1.82) is 0 Å². The molecule has 4 atom stereocenters. The SMILES string of the molecule is CSCCC(N)C(=O)NC(Cc1cnc[nH]1)C(=O)NC(CCSC)C(=O)NC(CC(C)C)C(=O)O. The van der Waals surface area contributed by atoms with Crippen LogP contribution in [0.15, 0.2) is 12.5 Å². The van der Waals surface area contributed by atoms with Crippen molar-refractivity contribution in [3.8, 4) is 0 Å². The maximum absolute atomic E-state index is 13.2. The number of aromatic amines is 1. The van der Waals surface area contributed by atoms with E-state index < -0.39 is 47.9 Å². The number of thioether (sulfide) groups is 2. The van der Waals surface area contributed by atoms with Crippen LogP contribution in [0.2, 0.25) is 0 Å². The lowest BCUT2D eigenvalue weighted by Crippen LogP contribution is -2.57. The molecule has 1 rings (SSSR count). The summed E-state index contributed by atoms with van der Waals surface area (Å²) >= 11 is 3.06. The van der Waals surface area contributed by atoms with E-state index in [2.05, 4.69) is 25.9 Å². The topological polar surface area (TPSA) is 179 Å². The number of imidazole rings is 1. The summed E-state index contributed by atoms with van der Waals surface area (Å²) in [4.78, 5) is 57.2. The van der Waals surface area contributed by atoms with Crippen LogP contribution in [0.25, 0.3) is 0 Å². The fourth-order valence-electron chi connectivity index (χ4n) is 3.22. The first-order valence-corrected chi connectivity index (χ1v) is 14.2. The van der Waals surface area contributed by atoms with Gasteiger partial charge in [-0.3, -0.25) is 14.4 Å². The third kappa shape index (κ3) is 11.8. The Bertz CT molecular complexity index is 808. The van der Waals surface area contributed by atoms with E-state index in [1.165, 1.54) is 18.1 Å². The number of nitrogens with one attached hydrogen (secondary N) is 4. The quantitative estimate of drug-likeness (QED) is 0.166. The number of aromatic nitrogens is 2. The third-order valence-corrected chi connectivity index (χ3v) is 6.43. The minimum absolute atomic E-state index is 0.0555. The van der Waals surface area contributed by atoms with Crippen LogP contribution in [0.1, 0.15) is 38.8 Å². The first-order chi connectivity index (χ1) is 16.6. The number of H-pyrrole nitrogens is 1. The lowest BCUT2D eigenvalue weighted by Gasteiger charge is -2.25. The Labute approximate surface area is 214 Å². The predicted molar refractivity (Wildman–Crippen MR) is 139 cm³/mol. The molecule has 13 heteroatoms. The number of amides is 3. The molecule has 7 N–H and O–H groups in total. The van der Waals surface area contributed by atoms with Gasteiger partial charge < -0.3 is 31.8 Å². The summed E-state index contributed by atoms with van der Waals surface area (Å²) in [5.74, 6) is -1.43. The molecular formula is C22H38N6O5S2. The van der Waals surface area contributed by atoms with Crippen LogP contribution in [0, 0.1) is 5.92 Å². The number of carboxylic acids is 1. The summed E-state index contributed by atoms with van der Waals surface area (Å²) in [6, 6.07) is -3.80. The number of hydrogen-bond acceptors (Lipinski definition) is 8. The van der Waals surface area contributed by atoms with Gasteiger partial charge in [0.05, 0.1) is 12.4 Å². The van der Waals surface area contributed by atoms with Crippen molar-refractivity contribution in [2.24, 2.45) is 11.7 Å². The summed E-state index contributed by atoms with van der Waals surface area (Å²) in [5, 5.41) is 17.4. The molecule has 0 aliphatic heterocycles. The number of rotatable bonds is 17. The van der Waals surface area contributed by atoms with Gasteiger partial charge in [0.25, 0.3) is 0 Å². The van der Waals surface area contributed by atoms with E-state index in [4.69, 9.17) is 5.73 Å². The Balaban J connectivity index is 3.00. The van der Waals surface area contributed by atoms with Gasteiger partial charge in [-0.25, -0.2) is 9.78 Å². The predicted octanol–water partition coefficient (Wildman–Crippen LogP) is 0.371. The summed E-state index contributed by atoms with van der Waals surface area (Å²) in [5.41, 5.74) is 6.58. The molecule has 3 amide bonds. The fraction of sp³-hybridized carbons (Fsp3) is 0.682. The highest BCUT2D eigenvalue weighted by Gasteiger charge is 2.30. The van der Waals surface area contributed by atoms with Gasteiger partial charge in [0.1, 0.15) is 18.1 Å². The number of aliphatic carboxylic acids is 1. The molecule has 0 spiro atoms. The first-order valence-electron chi connectivity index (χ1n) is 11.4. The Hall–Kier alpha value is -2.25. The van der Waals surface area contributed by atoms with E-state index in [1.54, 1.807) is 18.0 Å². The van der Waals surface area contributed by atoms with Crippen LogP contribution in [-0.4, -0.2) is 86.9 Å². The van der Waals surface area contributed by atoms with Crippen LogP contribution in [0.5, 0.6) is 0 Å². The molecule has 35 heavy (non-hydrogen) atoms. The highest BCUT2D eigenvalue weighted by molar-refractivity contribution is 7.98. The molecule has 0 radical (unpaired) electrons. The summed E-state index contributed by atoms with van der Waals surface area (Å²) in [6.07, 6.45) is 7.92. The second kappa shape index (κ2) is 16.4. The average molecular weight is 531 g/mol. The number of carbonyl (C=O) groups is 4. The van der Waals surface area contributed by atoms with Crippen LogP contribution in [0.4, 0.5) is 0 Å². The molecular weight excluding hydrogens is 492 g/mol. The van der Waals surface area contributed by atoms with Crippen molar-refractivity contribution in [3.05, 3.63) is 18.2 Å². The van der Waals surface area contributed by atoms with Gasteiger partial charge in [-0.1, -0.05) is 13.8 Å². The molecule has 0 aliphatic carbocycles. The smallest absolute Gasteiger partial charge is 0.326 e. The summed E-state index contributed by atoms with van der Waals surface area (Å²) < 4.78 is 0. The van der Waals surface area contributed by atoms with E-state index >= 15 is 0 Å². The van der Waals surface area contributed by atoms with Crippen molar-refractivity contribution in [2.45, 2.75) is 63.7 Å². The van der Waals surface area contributed by atoms with E-state index in [-0.39, 0.29) is 18.8 Å². The Morgan fingerprint density at radius 3 is 2.09 bits per heavy atom. The zero-order valence-corrected chi connectivity index (χ0v) is 22.3. The molecule has 0 saturated heterocycles. The van der Waals surface area contributed by atoms with Gasteiger partial charge in [-0.05, 0) is 49.2 Å². The molecule has 0 saturated carbocycles. The fourth-order valence-corrected chi connectivity index (χ4v) is 4.18. The van der Waals surface area contributed by atoms with Gasteiger partial charge in [0, 0.05) is 18.3 Å². The Morgan fingerprint density at radius 2 is 1.54 bits per heavy atom. The lowest BCUT2D eigenvalue weighted by molar-refractivity contribution is -0.142. The summed E-state index contributed by atoms with van der Waals surface area (Å²) in [6.45, 7) is 3.73. The number of carboxylic acid groups (broad SMARTS) is 1. The second-order valence-electron chi connectivity index (χ2n) is 8.60. The van der Waals surface area contributed by atoms with E-state index in [9.17, 15) is 24.3 Å². The molecule has 0 aliphatic rings. The minimum atomic E-state index is -1.13.